The standard InChI is InChI=1S/C31H30N2O/c1-25-32(2)30(24-34,26-15-7-3-8-16-26)23-33(25)31(27-17-9-4-10-18-27,28-19-11-5-12-20-28)29-21-13-6-14-22-29/h3-22,24-25H,23H2,1-2H3. The summed E-state index contributed by atoms with van der Waals surface area (Å²) >= 11 is 0. The summed E-state index contributed by atoms with van der Waals surface area (Å²) in [7, 11) is 2.07. The number of hydrogen-bond acceptors (Lipinski definition) is 3. The molecule has 0 saturated carbocycles. The zero-order chi connectivity index (χ0) is 23.6. The van der Waals surface area contributed by atoms with Crippen LogP contribution in [0.25, 0.3) is 0 Å². The molecule has 0 aliphatic carbocycles. The maximum atomic E-state index is 12.9. The van der Waals surface area contributed by atoms with Crippen LogP contribution in [0.1, 0.15) is 29.2 Å². The number of carbonyl (C=O) groups excluding carboxylic acids is 1. The predicted molar refractivity (Wildman–Crippen MR) is 137 cm³/mol. The van der Waals surface area contributed by atoms with Gasteiger partial charge in [0.15, 0.2) is 0 Å². The fraction of sp³-hybridized carbons (Fsp3) is 0.194. The third-order valence-electron chi connectivity index (χ3n) is 7.53. The Bertz CT molecular complexity index is 1130. The van der Waals surface area contributed by atoms with Crippen molar-refractivity contribution in [2.24, 2.45) is 0 Å². The predicted octanol–water partition coefficient (Wildman–Crippen LogP) is 5.67. The second kappa shape index (κ2) is 9.02. The van der Waals surface area contributed by atoms with Crippen molar-refractivity contribution in [3.8, 4) is 0 Å². The number of aldehydes is 1. The average molecular weight is 447 g/mol. The molecule has 1 heterocycles. The molecule has 2 unspecified atom stereocenters. The van der Waals surface area contributed by atoms with Crippen molar-refractivity contribution >= 4 is 6.29 Å². The summed E-state index contributed by atoms with van der Waals surface area (Å²) in [6.07, 6.45) is 1.12. The molecule has 4 aromatic rings. The molecule has 0 N–H and O–H groups in total. The zero-order valence-corrected chi connectivity index (χ0v) is 19.7. The molecule has 1 aliphatic rings. The van der Waals surface area contributed by atoms with Gasteiger partial charge < -0.3 is 4.79 Å². The van der Waals surface area contributed by atoms with Gasteiger partial charge in [-0.05, 0) is 36.2 Å². The second-order valence-corrected chi connectivity index (χ2v) is 9.09. The van der Waals surface area contributed by atoms with E-state index in [1.54, 1.807) is 0 Å². The summed E-state index contributed by atoms with van der Waals surface area (Å²) < 4.78 is 0. The van der Waals surface area contributed by atoms with Crippen LogP contribution < -0.4 is 0 Å². The topological polar surface area (TPSA) is 23.6 Å². The number of rotatable bonds is 6. The molecule has 4 aromatic carbocycles. The van der Waals surface area contributed by atoms with E-state index < -0.39 is 11.1 Å². The molecule has 1 aliphatic heterocycles. The fourth-order valence-corrected chi connectivity index (χ4v) is 5.69. The highest BCUT2D eigenvalue weighted by Crippen LogP contribution is 2.49. The molecule has 0 radical (unpaired) electrons. The van der Waals surface area contributed by atoms with E-state index >= 15 is 0 Å². The van der Waals surface area contributed by atoms with Crippen molar-refractivity contribution < 1.29 is 4.79 Å². The molecule has 1 fully saturated rings. The van der Waals surface area contributed by atoms with Crippen LogP contribution in [-0.2, 0) is 15.9 Å². The molecule has 0 aromatic heterocycles. The lowest BCUT2D eigenvalue weighted by Gasteiger charge is -2.46. The summed E-state index contributed by atoms with van der Waals surface area (Å²) in [4.78, 5) is 17.6. The van der Waals surface area contributed by atoms with Crippen molar-refractivity contribution in [2.45, 2.75) is 24.2 Å². The first-order chi connectivity index (χ1) is 16.6. The SMILES string of the molecule is CC1N(C)C(C=O)(c2ccccc2)CN1C(c1ccccc1)(c1ccccc1)c1ccccc1. The van der Waals surface area contributed by atoms with Crippen LogP contribution >= 0.6 is 0 Å². The first kappa shape index (κ1) is 22.3. The van der Waals surface area contributed by atoms with Gasteiger partial charge in [0.25, 0.3) is 0 Å². The molecule has 0 bridgehead atoms. The molecule has 0 amide bonds. The monoisotopic (exact) mass is 446 g/mol. The van der Waals surface area contributed by atoms with Gasteiger partial charge in [0.05, 0.1) is 11.7 Å². The Morgan fingerprint density at radius 3 is 1.47 bits per heavy atom. The number of carbonyl (C=O) groups is 1. The number of benzene rings is 4. The number of nitrogens with zero attached hydrogens (tertiary/aromatic N) is 2. The summed E-state index contributed by atoms with van der Waals surface area (Å²) in [5.74, 6) is 0. The molecule has 1 saturated heterocycles. The Hall–Kier alpha value is -3.53. The van der Waals surface area contributed by atoms with Crippen molar-refractivity contribution in [2.75, 3.05) is 13.6 Å². The summed E-state index contributed by atoms with van der Waals surface area (Å²) in [5.41, 5.74) is 3.25. The van der Waals surface area contributed by atoms with E-state index in [1.165, 1.54) is 16.7 Å². The Kier molecular flexibility index (Phi) is 5.91. The number of hydrogen-bond donors (Lipinski definition) is 0. The van der Waals surface area contributed by atoms with Gasteiger partial charge in [-0.3, -0.25) is 9.80 Å². The smallest absolute Gasteiger partial charge is 0.146 e. The van der Waals surface area contributed by atoms with E-state index in [4.69, 9.17) is 0 Å². The summed E-state index contributed by atoms with van der Waals surface area (Å²) in [5, 5.41) is 0. The van der Waals surface area contributed by atoms with Crippen molar-refractivity contribution in [3.63, 3.8) is 0 Å². The largest absolute Gasteiger partial charge is 0.301 e. The lowest BCUT2D eigenvalue weighted by atomic mass is 9.75. The normalized spacial score (nSPS) is 21.4. The van der Waals surface area contributed by atoms with Crippen molar-refractivity contribution in [1.29, 1.82) is 0 Å². The highest BCUT2D eigenvalue weighted by molar-refractivity contribution is 5.70. The van der Waals surface area contributed by atoms with Crippen LogP contribution in [0.15, 0.2) is 121 Å². The quantitative estimate of drug-likeness (QED) is 0.282. The third kappa shape index (κ3) is 3.32. The minimum absolute atomic E-state index is 0.00831. The van der Waals surface area contributed by atoms with E-state index in [1.807, 2.05) is 18.2 Å². The first-order valence-corrected chi connectivity index (χ1v) is 11.8. The fourth-order valence-electron chi connectivity index (χ4n) is 5.69. The second-order valence-electron chi connectivity index (χ2n) is 9.09. The van der Waals surface area contributed by atoms with Gasteiger partial charge in [-0.25, -0.2) is 0 Å². The Balaban J connectivity index is 1.81. The molecule has 170 valence electrons. The van der Waals surface area contributed by atoms with Gasteiger partial charge in [-0.1, -0.05) is 121 Å². The van der Waals surface area contributed by atoms with Crippen LogP contribution in [0.3, 0.4) is 0 Å². The minimum atomic E-state index is -0.746. The van der Waals surface area contributed by atoms with Crippen LogP contribution in [0, 0.1) is 0 Å². The Labute approximate surface area is 202 Å². The molecule has 0 spiro atoms. The van der Waals surface area contributed by atoms with E-state index in [0.717, 1.165) is 11.8 Å². The lowest BCUT2D eigenvalue weighted by molar-refractivity contribution is -0.116. The van der Waals surface area contributed by atoms with Crippen LogP contribution in [0.2, 0.25) is 0 Å². The molecular formula is C31H30N2O. The maximum absolute atomic E-state index is 12.9. The van der Waals surface area contributed by atoms with Gasteiger partial charge in [-0.2, -0.15) is 0 Å². The molecule has 2 atom stereocenters. The van der Waals surface area contributed by atoms with E-state index in [2.05, 4.69) is 127 Å². The highest BCUT2D eigenvalue weighted by atomic mass is 16.1. The van der Waals surface area contributed by atoms with Gasteiger partial charge in [0, 0.05) is 6.54 Å². The van der Waals surface area contributed by atoms with Gasteiger partial charge in [0.2, 0.25) is 0 Å². The average Bonchev–Trinajstić information content (AvgIpc) is 3.18. The van der Waals surface area contributed by atoms with Gasteiger partial charge in [0.1, 0.15) is 11.8 Å². The summed E-state index contributed by atoms with van der Waals surface area (Å²) in [6, 6.07) is 42.2. The van der Waals surface area contributed by atoms with E-state index in [9.17, 15) is 4.79 Å². The van der Waals surface area contributed by atoms with Crippen LogP contribution in [0.4, 0.5) is 0 Å². The Morgan fingerprint density at radius 1 is 0.706 bits per heavy atom. The van der Waals surface area contributed by atoms with Crippen LogP contribution in [0.5, 0.6) is 0 Å². The number of likely N-dealkylation sites (N-methyl/N-ethyl adjacent to an activating group) is 1. The van der Waals surface area contributed by atoms with E-state index in [0.29, 0.717) is 6.54 Å². The maximum Gasteiger partial charge on any atom is 0.146 e. The Morgan fingerprint density at radius 2 is 1.09 bits per heavy atom. The van der Waals surface area contributed by atoms with Gasteiger partial charge >= 0.3 is 0 Å². The molecular weight excluding hydrogens is 416 g/mol. The minimum Gasteiger partial charge on any atom is -0.301 e. The molecule has 5 rings (SSSR count). The van der Waals surface area contributed by atoms with Crippen molar-refractivity contribution in [3.05, 3.63) is 144 Å². The van der Waals surface area contributed by atoms with Crippen LogP contribution in [-0.4, -0.2) is 35.8 Å². The molecule has 3 heteroatoms. The highest BCUT2D eigenvalue weighted by Gasteiger charge is 2.56. The zero-order valence-electron chi connectivity index (χ0n) is 19.7. The van der Waals surface area contributed by atoms with E-state index in [-0.39, 0.29) is 6.17 Å². The van der Waals surface area contributed by atoms with Gasteiger partial charge in [-0.15, -0.1) is 0 Å². The molecule has 34 heavy (non-hydrogen) atoms. The molecule has 3 nitrogen and oxygen atoms in total. The summed E-state index contributed by atoms with van der Waals surface area (Å²) in [6.45, 7) is 2.77. The first-order valence-electron chi connectivity index (χ1n) is 11.8. The third-order valence-corrected chi connectivity index (χ3v) is 7.53. The van der Waals surface area contributed by atoms with Crippen molar-refractivity contribution in [1.82, 2.24) is 9.80 Å². The lowest BCUT2D eigenvalue weighted by Crippen LogP contribution is -2.51.